The minimum absolute atomic E-state index is 0.717. The Morgan fingerprint density at radius 1 is 1.24 bits per heavy atom. The van der Waals surface area contributed by atoms with E-state index in [0.717, 1.165) is 18.2 Å². The lowest BCUT2D eigenvalue weighted by molar-refractivity contribution is 0.361. The van der Waals surface area contributed by atoms with Crippen LogP contribution in [0.25, 0.3) is 0 Å². The van der Waals surface area contributed by atoms with Crippen LogP contribution in [0.15, 0.2) is 24.3 Å². The predicted octanol–water partition coefficient (Wildman–Crippen LogP) is 2.36. The van der Waals surface area contributed by atoms with Crippen LogP contribution in [0.1, 0.15) is 24.8 Å². The van der Waals surface area contributed by atoms with Gasteiger partial charge in [0, 0.05) is 12.2 Å². The molecule has 2 N–H and O–H groups in total. The number of hydrogen-bond donors (Lipinski definition) is 2. The number of rotatable bonds is 4. The number of anilines is 1. The largest absolute Gasteiger partial charge is 0.385 e. The summed E-state index contributed by atoms with van der Waals surface area (Å²) >= 11 is 0. The molecule has 1 heterocycles. The van der Waals surface area contributed by atoms with Crippen molar-refractivity contribution >= 4 is 5.69 Å². The van der Waals surface area contributed by atoms with Crippen molar-refractivity contribution in [2.24, 2.45) is 5.92 Å². The van der Waals surface area contributed by atoms with Gasteiger partial charge in [-0.15, -0.1) is 0 Å². The number of benzene rings is 1. The molecule has 17 heavy (non-hydrogen) atoms. The molecule has 0 aliphatic carbocycles. The highest BCUT2D eigenvalue weighted by Gasteiger charge is 2.11. The molecule has 0 bridgehead atoms. The molecule has 0 saturated carbocycles. The first-order valence-electron chi connectivity index (χ1n) is 6.33. The van der Waals surface area contributed by atoms with Gasteiger partial charge in [-0.3, -0.25) is 0 Å². The quantitative estimate of drug-likeness (QED) is 0.833. The van der Waals surface area contributed by atoms with E-state index in [4.69, 9.17) is 5.26 Å². The zero-order chi connectivity index (χ0) is 11.9. The van der Waals surface area contributed by atoms with E-state index in [1.54, 1.807) is 0 Å². The van der Waals surface area contributed by atoms with Crippen molar-refractivity contribution in [3.63, 3.8) is 0 Å². The van der Waals surface area contributed by atoms with E-state index in [0.29, 0.717) is 5.56 Å². The summed E-state index contributed by atoms with van der Waals surface area (Å²) in [4.78, 5) is 0. The number of nitrogens with zero attached hydrogens (tertiary/aromatic N) is 1. The maximum Gasteiger partial charge on any atom is 0.0991 e. The fourth-order valence-corrected chi connectivity index (χ4v) is 2.25. The van der Waals surface area contributed by atoms with Crippen molar-refractivity contribution in [1.82, 2.24) is 5.32 Å². The molecule has 0 unspecified atom stereocenters. The third-order valence-corrected chi connectivity index (χ3v) is 3.35. The minimum atomic E-state index is 0.717. The van der Waals surface area contributed by atoms with Crippen LogP contribution in [0.3, 0.4) is 0 Å². The van der Waals surface area contributed by atoms with Gasteiger partial charge in [-0.05, 0) is 62.5 Å². The standard InChI is InChI=1S/C14H19N3/c15-11-13-1-3-14(4-2-13)17-10-7-12-5-8-16-9-6-12/h1-4,12,16-17H,5-10H2. The maximum absolute atomic E-state index is 8.70. The van der Waals surface area contributed by atoms with Crippen molar-refractivity contribution in [3.05, 3.63) is 29.8 Å². The van der Waals surface area contributed by atoms with Crippen LogP contribution < -0.4 is 10.6 Å². The Hall–Kier alpha value is -1.53. The van der Waals surface area contributed by atoms with Gasteiger partial charge in [-0.25, -0.2) is 0 Å². The van der Waals surface area contributed by atoms with E-state index in [9.17, 15) is 0 Å². The average molecular weight is 229 g/mol. The second-order valence-electron chi connectivity index (χ2n) is 4.60. The van der Waals surface area contributed by atoms with Gasteiger partial charge in [0.05, 0.1) is 11.6 Å². The SMILES string of the molecule is N#Cc1ccc(NCCC2CCNCC2)cc1. The zero-order valence-electron chi connectivity index (χ0n) is 10.1. The summed E-state index contributed by atoms with van der Waals surface area (Å²) < 4.78 is 0. The van der Waals surface area contributed by atoms with Crippen molar-refractivity contribution < 1.29 is 0 Å². The van der Waals surface area contributed by atoms with E-state index in [-0.39, 0.29) is 0 Å². The molecule has 0 radical (unpaired) electrons. The first kappa shape index (κ1) is 11.9. The van der Waals surface area contributed by atoms with Crippen LogP contribution in [0.5, 0.6) is 0 Å². The summed E-state index contributed by atoms with van der Waals surface area (Å²) in [6.07, 6.45) is 3.84. The fraction of sp³-hybridized carbons (Fsp3) is 0.500. The highest BCUT2D eigenvalue weighted by Crippen LogP contribution is 2.16. The van der Waals surface area contributed by atoms with Crippen LogP contribution in [-0.2, 0) is 0 Å². The molecule has 3 heteroatoms. The average Bonchev–Trinajstić information content (AvgIpc) is 2.41. The molecule has 0 spiro atoms. The highest BCUT2D eigenvalue weighted by molar-refractivity contribution is 5.46. The molecule has 1 aliphatic heterocycles. The molecule has 1 aliphatic rings. The van der Waals surface area contributed by atoms with E-state index in [1.807, 2.05) is 24.3 Å². The van der Waals surface area contributed by atoms with Gasteiger partial charge >= 0.3 is 0 Å². The van der Waals surface area contributed by atoms with Gasteiger partial charge in [0.25, 0.3) is 0 Å². The van der Waals surface area contributed by atoms with Gasteiger partial charge < -0.3 is 10.6 Å². The topological polar surface area (TPSA) is 47.9 Å². The minimum Gasteiger partial charge on any atom is -0.385 e. The number of nitrogens with one attached hydrogen (secondary N) is 2. The molecule has 0 amide bonds. The van der Waals surface area contributed by atoms with Crippen molar-refractivity contribution in [1.29, 1.82) is 5.26 Å². The van der Waals surface area contributed by atoms with Crippen LogP contribution in [0, 0.1) is 17.2 Å². The zero-order valence-corrected chi connectivity index (χ0v) is 10.1. The lowest BCUT2D eigenvalue weighted by atomic mass is 9.95. The summed E-state index contributed by atoms with van der Waals surface area (Å²) in [6.45, 7) is 3.36. The Morgan fingerprint density at radius 3 is 2.59 bits per heavy atom. The second kappa shape index (κ2) is 6.27. The van der Waals surface area contributed by atoms with E-state index in [1.165, 1.54) is 32.4 Å². The molecular formula is C14H19N3. The summed E-state index contributed by atoms with van der Waals surface area (Å²) in [5, 5.41) is 15.5. The van der Waals surface area contributed by atoms with E-state index in [2.05, 4.69) is 16.7 Å². The fourth-order valence-electron chi connectivity index (χ4n) is 2.25. The van der Waals surface area contributed by atoms with E-state index < -0.39 is 0 Å². The smallest absolute Gasteiger partial charge is 0.0991 e. The third kappa shape index (κ3) is 3.76. The number of nitriles is 1. The molecule has 3 nitrogen and oxygen atoms in total. The second-order valence-corrected chi connectivity index (χ2v) is 4.60. The Morgan fingerprint density at radius 2 is 1.94 bits per heavy atom. The molecule has 2 rings (SSSR count). The molecular weight excluding hydrogens is 210 g/mol. The van der Waals surface area contributed by atoms with Crippen LogP contribution in [0.4, 0.5) is 5.69 Å². The Balaban J connectivity index is 1.72. The van der Waals surface area contributed by atoms with Gasteiger partial charge in [0.15, 0.2) is 0 Å². The monoisotopic (exact) mass is 229 g/mol. The molecule has 0 aromatic heterocycles. The van der Waals surface area contributed by atoms with E-state index >= 15 is 0 Å². The molecule has 1 fully saturated rings. The molecule has 90 valence electrons. The lowest BCUT2D eigenvalue weighted by Crippen LogP contribution is -2.28. The highest BCUT2D eigenvalue weighted by atomic mass is 14.9. The maximum atomic E-state index is 8.70. The van der Waals surface area contributed by atoms with Crippen LogP contribution in [-0.4, -0.2) is 19.6 Å². The molecule has 1 aromatic rings. The van der Waals surface area contributed by atoms with Gasteiger partial charge in [-0.1, -0.05) is 0 Å². The number of piperidine rings is 1. The third-order valence-electron chi connectivity index (χ3n) is 3.35. The van der Waals surface area contributed by atoms with Gasteiger partial charge in [0.1, 0.15) is 0 Å². The predicted molar refractivity (Wildman–Crippen MR) is 69.9 cm³/mol. The first-order chi connectivity index (χ1) is 8.38. The Labute approximate surface area is 103 Å². The van der Waals surface area contributed by atoms with Crippen LogP contribution in [0.2, 0.25) is 0 Å². The van der Waals surface area contributed by atoms with Crippen molar-refractivity contribution in [2.45, 2.75) is 19.3 Å². The Kier molecular flexibility index (Phi) is 4.40. The lowest BCUT2D eigenvalue weighted by Gasteiger charge is -2.22. The Bertz CT molecular complexity index is 371. The normalized spacial score (nSPS) is 16.4. The molecule has 1 saturated heterocycles. The van der Waals surface area contributed by atoms with Crippen molar-refractivity contribution in [3.8, 4) is 6.07 Å². The molecule has 0 atom stereocenters. The summed E-state index contributed by atoms with van der Waals surface area (Å²) in [7, 11) is 0. The van der Waals surface area contributed by atoms with Gasteiger partial charge in [0.2, 0.25) is 0 Å². The molecule has 1 aromatic carbocycles. The van der Waals surface area contributed by atoms with Gasteiger partial charge in [-0.2, -0.15) is 5.26 Å². The van der Waals surface area contributed by atoms with Crippen LogP contribution >= 0.6 is 0 Å². The van der Waals surface area contributed by atoms with Crippen molar-refractivity contribution in [2.75, 3.05) is 25.0 Å². The summed E-state index contributed by atoms with van der Waals surface area (Å²) in [5.41, 5.74) is 1.83. The summed E-state index contributed by atoms with van der Waals surface area (Å²) in [6, 6.07) is 9.78. The first-order valence-corrected chi connectivity index (χ1v) is 6.33. The summed E-state index contributed by atoms with van der Waals surface area (Å²) in [5.74, 6) is 0.863. The number of hydrogen-bond acceptors (Lipinski definition) is 3.